The summed E-state index contributed by atoms with van der Waals surface area (Å²) in [5.41, 5.74) is 0.725. The van der Waals surface area contributed by atoms with Gasteiger partial charge < -0.3 is 15.1 Å². The zero-order valence-corrected chi connectivity index (χ0v) is 12.7. The average molecular weight is 290 g/mol. The Bertz CT molecular complexity index is 446. The van der Waals surface area contributed by atoms with Crippen molar-refractivity contribution >= 4 is 5.69 Å². The van der Waals surface area contributed by atoms with E-state index in [1.54, 1.807) is 12.1 Å². The molecular weight excluding hydrogens is 264 g/mol. The van der Waals surface area contributed by atoms with E-state index < -0.39 is 5.60 Å². The van der Waals surface area contributed by atoms with Crippen molar-refractivity contribution in [2.24, 2.45) is 0 Å². The first kappa shape index (κ1) is 14.7. The van der Waals surface area contributed by atoms with Crippen LogP contribution in [0.3, 0.4) is 0 Å². The minimum absolute atomic E-state index is 0.317. The standard InChI is InChI=1S/C17H26N2O2/c20-16-6-4-15(5-7-16)19-12-10-18(11-13-19)14-17(21)8-2-1-3-9-17/h4-7,20-21H,1-3,8-14H2. The van der Waals surface area contributed by atoms with Crippen molar-refractivity contribution in [3.8, 4) is 5.75 Å². The second-order valence-electron chi connectivity index (χ2n) is 6.56. The molecule has 2 N–H and O–H groups in total. The van der Waals surface area contributed by atoms with Crippen LogP contribution in [0.1, 0.15) is 32.1 Å². The topological polar surface area (TPSA) is 46.9 Å². The Morgan fingerprint density at radius 2 is 1.52 bits per heavy atom. The number of nitrogens with zero attached hydrogens (tertiary/aromatic N) is 2. The molecule has 4 heteroatoms. The minimum atomic E-state index is -0.445. The van der Waals surface area contributed by atoms with Crippen LogP contribution in [-0.2, 0) is 0 Å². The van der Waals surface area contributed by atoms with E-state index >= 15 is 0 Å². The van der Waals surface area contributed by atoms with Crippen LogP contribution in [0.25, 0.3) is 0 Å². The minimum Gasteiger partial charge on any atom is -0.508 e. The Labute approximate surface area is 127 Å². The Morgan fingerprint density at radius 3 is 2.14 bits per heavy atom. The third-order valence-corrected chi connectivity index (χ3v) is 4.89. The van der Waals surface area contributed by atoms with Crippen LogP contribution in [0.2, 0.25) is 0 Å². The molecular formula is C17H26N2O2. The van der Waals surface area contributed by atoms with E-state index in [9.17, 15) is 10.2 Å². The molecule has 1 aliphatic carbocycles. The van der Waals surface area contributed by atoms with Gasteiger partial charge in [0.2, 0.25) is 0 Å². The zero-order chi connectivity index (χ0) is 14.7. The van der Waals surface area contributed by atoms with Gasteiger partial charge in [0.25, 0.3) is 0 Å². The van der Waals surface area contributed by atoms with Crippen molar-refractivity contribution in [1.82, 2.24) is 4.90 Å². The summed E-state index contributed by atoms with van der Waals surface area (Å²) >= 11 is 0. The molecule has 0 atom stereocenters. The van der Waals surface area contributed by atoms with Crippen LogP contribution in [0, 0.1) is 0 Å². The van der Waals surface area contributed by atoms with E-state index in [0.29, 0.717) is 5.75 Å². The highest BCUT2D eigenvalue weighted by atomic mass is 16.3. The largest absolute Gasteiger partial charge is 0.508 e. The number of hydrogen-bond acceptors (Lipinski definition) is 4. The lowest BCUT2D eigenvalue weighted by molar-refractivity contribution is -0.0271. The van der Waals surface area contributed by atoms with Gasteiger partial charge in [0.15, 0.2) is 0 Å². The summed E-state index contributed by atoms with van der Waals surface area (Å²) < 4.78 is 0. The number of aromatic hydroxyl groups is 1. The number of piperazine rings is 1. The van der Waals surface area contributed by atoms with E-state index in [4.69, 9.17) is 0 Å². The van der Waals surface area contributed by atoms with Crippen molar-refractivity contribution in [1.29, 1.82) is 0 Å². The average Bonchev–Trinajstić information content (AvgIpc) is 2.49. The molecule has 3 rings (SSSR count). The molecule has 1 aromatic rings. The maximum absolute atomic E-state index is 10.7. The summed E-state index contributed by atoms with van der Waals surface area (Å²) in [6.07, 6.45) is 5.54. The number of rotatable bonds is 3. The summed E-state index contributed by atoms with van der Waals surface area (Å²) in [6.45, 7) is 4.81. The fourth-order valence-electron chi connectivity index (χ4n) is 3.61. The molecule has 0 bridgehead atoms. The fourth-order valence-corrected chi connectivity index (χ4v) is 3.61. The van der Waals surface area contributed by atoms with Crippen LogP contribution in [0.4, 0.5) is 5.69 Å². The van der Waals surface area contributed by atoms with Crippen LogP contribution in [-0.4, -0.2) is 53.4 Å². The number of β-amino-alcohol motifs (C(OH)–C–C–N with tert-alkyl or cyclic N) is 1. The summed E-state index contributed by atoms with van der Waals surface area (Å²) in [5, 5.41) is 20.0. The molecule has 1 saturated carbocycles. The van der Waals surface area contributed by atoms with Gasteiger partial charge in [-0.05, 0) is 37.1 Å². The molecule has 21 heavy (non-hydrogen) atoms. The number of anilines is 1. The molecule has 2 aliphatic rings. The molecule has 116 valence electrons. The second kappa shape index (κ2) is 6.24. The fraction of sp³-hybridized carbons (Fsp3) is 0.647. The van der Waals surface area contributed by atoms with E-state index in [0.717, 1.165) is 45.6 Å². The first-order valence-corrected chi connectivity index (χ1v) is 8.13. The summed E-state index contributed by atoms with van der Waals surface area (Å²) in [6, 6.07) is 7.43. The summed E-state index contributed by atoms with van der Waals surface area (Å²) in [4.78, 5) is 4.75. The van der Waals surface area contributed by atoms with Crippen molar-refractivity contribution in [3.63, 3.8) is 0 Å². The maximum atomic E-state index is 10.7. The lowest BCUT2D eigenvalue weighted by Gasteiger charge is -2.41. The lowest BCUT2D eigenvalue weighted by atomic mass is 9.84. The Hall–Kier alpha value is -1.26. The molecule has 0 amide bonds. The van der Waals surface area contributed by atoms with Gasteiger partial charge in [0, 0.05) is 38.4 Å². The first-order valence-electron chi connectivity index (χ1n) is 8.13. The van der Waals surface area contributed by atoms with E-state index in [2.05, 4.69) is 9.80 Å². The predicted molar refractivity (Wildman–Crippen MR) is 84.8 cm³/mol. The van der Waals surface area contributed by atoms with Gasteiger partial charge in [-0.15, -0.1) is 0 Å². The van der Waals surface area contributed by atoms with E-state index in [-0.39, 0.29) is 0 Å². The molecule has 1 saturated heterocycles. The van der Waals surface area contributed by atoms with Gasteiger partial charge in [-0.25, -0.2) is 0 Å². The summed E-state index contributed by atoms with van der Waals surface area (Å²) in [7, 11) is 0. The van der Waals surface area contributed by atoms with Crippen molar-refractivity contribution < 1.29 is 10.2 Å². The molecule has 1 aromatic carbocycles. The number of hydrogen-bond donors (Lipinski definition) is 2. The highest BCUT2D eigenvalue weighted by molar-refractivity contribution is 5.49. The monoisotopic (exact) mass is 290 g/mol. The van der Waals surface area contributed by atoms with Crippen LogP contribution in [0.5, 0.6) is 5.75 Å². The van der Waals surface area contributed by atoms with Crippen molar-refractivity contribution in [3.05, 3.63) is 24.3 Å². The molecule has 1 heterocycles. The van der Waals surface area contributed by atoms with Gasteiger partial charge in [0.05, 0.1) is 5.60 Å². The normalized spacial score (nSPS) is 23.2. The van der Waals surface area contributed by atoms with Crippen molar-refractivity contribution in [2.45, 2.75) is 37.7 Å². The zero-order valence-electron chi connectivity index (χ0n) is 12.7. The molecule has 1 aliphatic heterocycles. The van der Waals surface area contributed by atoms with Crippen LogP contribution < -0.4 is 4.90 Å². The third kappa shape index (κ3) is 3.69. The Morgan fingerprint density at radius 1 is 0.905 bits per heavy atom. The maximum Gasteiger partial charge on any atom is 0.115 e. The van der Waals surface area contributed by atoms with Crippen molar-refractivity contribution in [2.75, 3.05) is 37.6 Å². The van der Waals surface area contributed by atoms with E-state index in [1.807, 2.05) is 12.1 Å². The van der Waals surface area contributed by atoms with Crippen LogP contribution >= 0.6 is 0 Å². The number of benzene rings is 1. The molecule has 4 nitrogen and oxygen atoms in total. The molecule has 2 fully saturated rings. The Balaban J connectivity index is 1.51. The third-order valence-electron chi connectivity index (χ3n) is 4.89. The number of phenols is 1. The molecule has 0 spiro atoms. The van der Waals surface area contributed by atoms with Gasteiger partial charge in [0.1, 0.15) is 5.75 Å². The first-order chi connectivity index (χ1) is 10.1. The number of aliphatic hydroxyl groups is 1. The molecule has 0 aromatic heterocycles. The van der Waals surface area contributed by atoms with Gasteiger partial charge in [-0.2, -0.15) is 0 Å². The highest BCUT2D eigenvalue weighted by Gasteiger charge is 2.32. The quantitative estimate of drug-likeness (QED) is 0.896. The second-order valence-corrected chi connectivity index (χ2v) is 6.56. The Kier molecular flexibility index (Phi) is 4.36. The van der Waals surface area contributed by atoms with Gasteiger partial charge in [-0.3, -0.25) is 4.90 Å². The van der Waals surface area contributed by atoms with Gasteiger partial charge >= 0.3 is 0 Å². The lowest BCUT2D eigenvalue weighted by Crippen LogP contribution is -2.52. The highest BCUT2D eigenvalue weighted by Crippen LogP contribution is 2.29. The van der Waals surface area contributed by atoms with Gasteiger partial charge in [-0.1, -0.05) is 19.3 Å². The van der Waals surface area contributed by atoms with E-state index in [1.165, 1.54) is 24.9 Å². The SMILES string of the molecule is Oc1ccc(N2CCN(CC3(O)CCCCC3)CC2)cc1. The molecule has 0 unspecified atom stereocenters. The number of phenolic OH excluding ortho intramolecular Hbond substituents is 1. The predicted octanol–water partition coefficient (Wildman–Crippen LogP) is 2.21. The van der Waals surface area contributed by atoms with Crippen LogP contribution in [0.15, 0.2) is 24.3 Å². The summed E-state index contributed by atoms with van der Waals surface area (Å²) in [5.74, 6) is 0.317. The smallest absolute Gasteiger partial charge is 0.115 e. The molecule has 0 radical (unpaired) electrons.